The summed E-state index contributed by atoms with van der Waals surface area (Å²) in [6.45, 7) is 12.2. The maximum absolute atomic E-state index is 2.63. The van der Waals surface area contributed by atoms with Crippen molar-refractivity contribution in [2.45, 2.75) is 32.7 Å². The first-order chi connectivity index (χ1) is 7.63. The highest BCUT2D eigenvalue weighted by molar-refractivity contribution is 4.75. The maximum atomic E-state index is 2.63. The lowest BCUT2D eigenvalue weighted by atomic mass is 10.2. The molecule has 3 heteroatoms. The number of hydrogen-bond donors (Lipinski definition) is 0. The summed E-state index contributed by atoms with van der Waals surface area (Å²) in [5.41, 5.74) is 0. The molecule has 0 amide bonds. The van der Waals surface area contributed by atoms with Gasteiger partial charge in [-0.05, 0) is 47.0 Å². The monoisotopic (exact) mass is 227 g/mol. The first-order valence-corrected chi connectivity index (χ1v) is 6.74. The van der Waals surface area contributed by atoms with Crippen molar-refractivity contribution in [1.82, 2.24) is 14.7 Å². The van der Waals surface area contributed by atoms with Gasteiger partial charge < -0.3 is 9.80 Å². The quantitative estimate of drug-likeness (QED) is 0.678. The van der Waals surface area contributed by atoms with E-state index in [1.165, 1.54) is 52.1 Å². The summed E-state index contributed by atoms with van der Waals surface area (Å²) in [6.07, 6.45) is 2.58. The van der Waals surface area contributed by atoms with Gasteiger partial charge in [0.25, 0.3) is 0 Å². The van der Waals surface area contributed by atoms with Crippen LogP contribution in [0.5, 0.6) is 0 Å². The van der Waals surface area contributed by atoms with Crippen molar-refractivity contribution >= 4 is 0 Å². The van der Waals surface area contributed by atoms with Crippen molar-refractivity contribution in [2.75, 3.05) is 53.4 Å². The van der Waals surface area contributed by atoms with Crippen LogP contribution in [0.15, 0.2) is 0 Å². The molecule has 0 N–H and O–H groups in total. The minimum atomic E-state index is 0.768. The molecule has 0 unspecified atom stereocenters. The Morgan fingerprint density at radius 3 is 2.25 bits per heavy atom. The third kappa shape index (κ3) is 4.81. The van der Waals surface area contributed by atoms with Crippen LogP contribution in [-0.4, -0.2) is 74.1 Å². The van der Waals surface area contributed by atoms with Crippen molar-refractivity contribution in [3.63, 3.8) is 0 Å². The van der Waals surface area contributed by atoms with E-state index in [2.05, 4.69) is 42.6 Å². The summed E-state index contributed by atoms with van der Waals surface area (Å²) in [5.74, 6) is 0. The highest BCUT2D eigenvalue weighted by Crippen LogP contribution is 2.08. The molecule has 16 heavy (non-hydrogen) atoms. The third-order valence-corrected chi connectivity index (χ3v) is 3.70. The largest absolute Gasteiger partial charge is 0.309 e. The van der Waals surface area contributed by atoms with Crippen LogP contribution < -0.4 is 0 Å². The third-order valence-electron chi connectivity index (χ3n) is 3.70. The van der Waals surface area contributed by atoms with Crippen LogP contribution >= 0.6 is 0 Å². The molecular formula is C13H29N3. The highest BCUT2D eigenvalue weighted by atomic mass is 15.3. The summed E-state index contributed by atoms with van der Waals surface area (Å²) in [4.78, 5) is 7.51. The van der Waals surface area contributed by atoms with Gasteiger partial charge in [-0.3, -0.25) is 4.90 Å². The van der Waals surface area contributed by atoms with E-state index >= 15 is 0 Å². The van der Waals surface area contributed by atoms with Crippen molar-refractivity contribution in [2.24, 2.45) is 0 Å². The first kappa shape index (κ1) is 13.9. The fourth-order valence-electron chi connectivity index (χ4n) is 2.30. The minimum absolute atomic E-state index is 0.768. The molecule has 0 radical (unpaired) electrons. The van der Waals surface area contributed by atoms with E-state index in [1.807, 2.05) is 0 Å². The summed E-state index contributed by atoms with van der Waals surface area (Å²) in [6, 6.07) is 0.768. The molecule has 1 fully saturated rings. The molecule has 96 valence electrons. The average Bonchev–Trinajstić information content (AvgIpc) is 2.28. The Hall–Kier alpha value is -0.120. The van der Waals surface area contributed by atoms with Crippen LogP contribution in [-0.2, 0) is 0 Å². The van der Waals surface area contributed by atoms with E-state index in [-0.39, 0.29) is 0 Å². The van der Waals surface area contributed by atoms with Crippen molar-refractivity contribution < 1.29 is 0 Å². The van der Waals surface area contributed by atoms with Gasteiger partial charge in [0.2, 0.25) is 0 Å². The SMILES string of the molecule is CC[C@H](C)N1CCN(CCCN(C)C)CC1. The van der Waals surface area contributed by atoms with Crippen molar-refractivity contribution in [3.05, 3.63) is 0 Å². The van der Waals surface area contributed by atoms with Gasteiger partial charge in [0.05, 0.1) is 0 Å². The average molecular weight is 227 g/mol. The van der Waals surface area contributed by atoms with E-state index in [0.717, 1.165) is 6.04 Å². The first-order valence-electron chi connectivity index (χ1n) is 6.74. The number of piperazine rings is 1. The topological polar surface area (TPSA) is 9.72 Å². The van der Waals surface area contributed by atoms with Gasteiger partial charge in [-0.1, -0.05) is 6.92 Å². The molecule has 3 nitrogen and oxygen atoms in total. The van der Waals surface area contributed by atoms with E-state index in [9.17, 15) is 0 Å². The summed E-state index contributed by atoms with van der Waals surface area (Å²) in [7, 11) is 4.31. The highest BCUT2D eigenvalue weighted by Gasteiger charge is 2.19. The normalized spacial score (nSPS) is 21.6. The van der Waals surface area contributed by atoms with Crippen LogP contribution in [0, 0.1) is 0 Å². The predicted octanol–water partition coefficient (Wildman–Crippen LogP) is 1.35. The number of nitrogens with zero attached hydrogens (tertiary/aromatic N) is 3. The number of hydrogen-bond acceptors (Lipinski definition) is 3. The van der Waals surface area contributed by atoms with Gasteiger partial charge in [-0.15, -0.1) is 0 Å². The van der Waals surface area contributed by atoms with E-state index in [4.69, 9.17) is 0 Å². The molecule has 0 bridgehead atoms. The Morgan fingerprint density at radius 2 is 1.75 bits per heavy atom. The lowest BCUT2D eigenvalue weighted by Gasteiger charge is -2.37. The Bertz CT molecular complexity index is 174. The molecular weight excluding hydrogens is 198 g/mol. The molecule has 1 saturated heterocycles. The van der Waals surface area contributed by atoms with Gasteiger partial charge >= 0.3 is 0 Å². The zero-order valence-electron chi connectivity index (χ0n) is 11.6. The van der Waals surface area contributed by atoms with Crippen LogP contribution in [0.4, 0.5) is 0 Å². The van der Waals surface area contributed by atoms with Gasteiger partial charge in [-0.25, -0.2) is 0 Å². The van der Waals surface area contributed by atoms with Crippen LogP contribution in [0.1, 0.15) is 26.7 Å². The Kier molecular flexibility index (Phi) is 6.32. The predicted molar refractivity (Wildman–Crippen MR) is 70.9 cm³/mol. The molecule has 1 heterocycles. The molecule has 0 saturated carbocycles. The second-order valence-corrected chi connectivity index (χ2v) is 5.29. The fraction of sp³-hybridized carbons (Fsp3) is 1.00. The molecule has 1 aliphatic rings. The van der Waals surface area contributed by atoms with E-state index < -0.39 is 0 Å². The second kappa shape index (κ2) is 7.25. The second-order valence-electron chi connectivity index (χ2n) is 5.29. The van der Waals surface area contributed by atoms with Gasteiger partial charge in [0, 0.05) is 32.2 Å². The van der Waals surface area contributed by atoms with E-state index in [0.29, 0.717) is 0 Å². The zero-order chi connectivity index (χ0) is 12.0. The molecule has 1 atom stereocenters. The molecule has 0 aliphatic carbocycles. The summed E-state index contributed by atoms with van der Waals surface area (Å²) in [5, 5.41) is 0. The van der Waals surface area contributed by atoms with Crippen molar-refractivity contribution in [1.29, 1.82) is 0 Å². The smallest absolute Gasteiger partial charge is 0.0113 e. The number of rotatable bonds is 6. The molecule has 1 aliphatic heterocycles. The summed E-state index contributed by atoms with van der Waals surface area (Å²) < 4.78 is 0. The van der Waals surface area contributed by atoms with Crippen molar-refractivity contribution in [3.8, 4) is 0 Å². The Morgan fingerprint density at radius 1 is 1.12 bits per heavy atom. The molecule has 0 aromatic heterocycles. The van der Waals surface area contributed by atoms with Gasteiger partial charge in [0.1, 0.15) is 0 Å². The zero-order valence-corrected chi connectivity index (χ0v) is 11.6. The van der Waals surface area contributed by atoms with Gasteiger partial charge in [0.15, 0.2) is 0 Å². The summed E-state index contributed by atoms with van der Waals surface area (Å²) >= 11 is 0. The Labute approximate surface area is 101 Å². The molecule has 0 aromatic carbocycles. The maximum Gasteiger partial charge on any atom is 0.0113 e. The lowest BCUT2D eigenvalue weighted by molar-refractivity contribution is 0.0985. The molecule has 0 spiro atoms. The van der Waals surface area contributed by atoms with Crippen LogP contribution in [0.25, 0.3) is 0 Å². The molecule has 0 aromatic rings. The standard InChI is InChI=1S/C13H29N3/c1-5-13(2)16-11-9-15(10-12-16)8-6-7-14(3)4/h13H,5-12H2,1-4H3/t13-/m0/s1. The van der Waals surface area contributed by atoms with Gasteiger partial charge in [-0.2, -0.15) is 0 Å². The fourth-order valence-corrected chi connectivity index (χ4v) is 2.30. The Balaban J connectivity index is 2.12. The molecule has 1 rings (SSSR count). The van der Waals surface area contributed by atoms with E-state index in [1.54, 1.807) is 0 Å². The lowest BCUT2D eigenvalue weighted by Crippen LogP contribution is -2.49. The minimum Gasteiger partial charge on any atom is -0.309 e. The van der Waals surface area contributed by atoms with Crippen LogP contribution in [0.3, 0.4) is 0 Å². The van der Waals surface area contributed by atoms with Crippen LogP contribution in [0.2, 0.25) is 0 Å².